The highest BCUT2D eigenvalue weighted by Crippen LogP contribution is 2.25. The minimum Gasteiger partial charge on any atom is -0.289 e. The van der Waals surface area contributed by atoms with Crippen molar-refractivity contribution in [1.82, 2.24) is 0 Å². The molecule has 0 amide bonds. The first-order chi connectivity index (χ1) is 8.89. The molecule has 0 aliphatic heterocycles. The van der Waals surface area contributed by atoms with Gasteiger partial charge in [-0.25, -0.2) is 0 Å². The Bertz CT molecular complexity index is 589. The molecule has 0 atom stereocenters. The minimum atomic E-state index is 0.0959. The summed E-state index contributed by atoms with van der Waals surface area (Å²) in [5.74, 6) is 0.0959. The zero-order chi connectivity index (χ0) is 14.0. The SMILES string of the molecule is Cc1cc(C(C)(C)C)ccc1C(=O)c1ccccc1. The van der Waals surface area contributed by atoms with Crippen LogP contribution in [0.25, 0.3) is 0 Å². The molecule has 0 bridgehead atoms. The molecule has 0 N–H and O–H groups in total. The van der Waals surface area contributed by atoms with E-state index in [1.54, 1.807) is 0 Å². The summed E-state index contributed by atoms with van der Waals surface area (Å²) in [5.41, 5.74) is 3.95. The van der Waals surface area contributed by atoms with Crippen LogP contribution in [0, 0.1) is 6.92 Å². The molecule has 2 rings (SSSR count). The lowest BCUT2D eigenvalue weighted by molar-refractivity contribution is 0.103. The number of benzene rings is 2. The zero-order valence-electron chi connectivity index (χ0n) is 12.0. The van der Waals surface area contributed by atoms with Crippen molar-refractivity contribution in [2.75, 3.05) is 0 Å². The molecule has 0 aliphatic rings. The Kier molecular flexibility index (Phi) is 3.57. The first-order valence-corrected chi connectivity index (χ1v) is 6.60. The van der Waals surface area contributed by atoms with Crippen LogP contribution in [0.4, 0.5) is 0 Å². The highest BCUT2D eigenvalue weighted by atomic mass is 16.1. The maximum absolute atomic E-state index is 12.4. The molecule has 19 heavy (non-hydrogen) atoms. The minimum absolute atomic E-state index is 0.0959. The van der Waals surface area contributed by atoms with Gasteiger partial charge in [-0.3, -0.25) is 4.79 Å². The number of aryl methyl sites for hydroxylation is 1. The topological polar surface area (TPSA) is 17.1 Å². The van der Waals surface area contributed by atoms with E-state index in [-0.39, 0.29) is 11.2 Å². The molecule has 0 fully saturated rings. The Hall–Kier alpha value is -1.89. The molecular formula is C18H20O. The van der Waals surface area contributed by atoms with E-state index in [0.717, 1.165) is 16.7 Å². The summed E-state index contributed by atoms with van der Waals surface area (Å²) < 4.78 is 0. The van der Waals surface area contributed by atoms with Gasteiger partial charge in [0.1, 0.15) is 0 Å². The predicted octanol–water partition coefficient (Wildman–Crippen LogP) is 4.52. The summed E-state index contributed by atoms with van der Waals surface area (Å²) in [5, 5.41) is 0. The summed E-state index contributed by atoms with van der Waals surface area (Å²) >= 11 is 0. The second-order valence-electron chi connectivity index (χ2n) is 5.97. The fraction of sp³-hybridized carbons (Fsp3) is 0.278. The van der Waals surface area contributed by atoms with E-state index in [4.69, 9.17) is 0 Å². The number of carbonyl (C=O) groups is 1. The Morgan fingerprint density at radius 2 is 1.58 bits per heavy atom. The number of hydrogen-bond donors (Lipinski definition) is 0. The number of hydrogen-bond acceptors (Lipinski definition) is 1. The maximum Gasteiger partial charge on any atom is 0.193 e. The Morgan fingerprint density at radius 1 is 0.947 bits per heavy atom. The summed E-state index contributed by atoms with van der Waals surface area (Å²) in [7, 11) is 0. The monoisotopic (exact) mass is 252 g/mol. The molecule has 0 radical (unpaired) electrons. The third kappa shape index (κ3) is 2.93. The second kappa shape index (κ2) is 5.00. The van der Waals surface area contributed by atoms with Gasteiger partial charge < -0.3 is 0 Å². The van der Waals surface area contributed by atoms with Crippen LogP contribution in [0.5, 0.6) is 0 Å². The van der Waals surface area contributed by atoms with Crippen molar-refractivity contribution in [1.29, 1.82) is 0 Å². The van der Waals surface area contributed by atoms with Gasteiger partial charge in [0, 0.05) is 11.1 Å². The summed E-state index contributed by atoms with van der Waals surface area (Å²) in [6.45, 7) is 8.55. The standard InChI is InChI=1S/C18H20O/c1-13-12-15(18(2,3)4)10-11-16(13)17(19)14-8-6-5-7-9-14/h5-12H,1-4H3. The average molecular weight is 252 g/mol. The third-order valence-electron chi connectivity index (χ3n) is 3.37. The van der Waals surface area contributed by atoms with Crippen molar-refractivity contribution in [2.45, 2.75) is 33.1 Å². The molecular weight excluding hydrogens is 232 g/mol. The van der Waals surface area contributed by atoms with Crippen molar-refractivity contribution in [2.24, 2.45) is 0 Å². The zero-order valence-corrected chi connectivity index (χ0v) is 12.0. The number of rotatable bonds is 2. The average Bonchev–Trinajstić information content (AvgIpc) is 2.38. The van der Waals surface area contributed by atoms with Crippen LogP contribution in [-0.4, -0.2) is 5.78 Å². The first-order valence-electron chi connectivity index (χ1n) is 6.60. The molecule has 0 heterocycles. The molecule has 0 spiro atoms. The van der Waals surface area contributed by atoms with Crippen molar-refractivity contribution in [3.05, 3.63) is 70.8 Å². The summed E-state index contributed by atoms with van der Waals surface area (Å²) in [4.78, 5) is 12.4. The normalized spacial score (nSPS) is 11.4. The Labute approximate surface area is 115 Å². The van der Waals surface area contributed by atoms with E-state index < -0.39 is 0 Å². The van der Waals surface area contributed by atoms with Gasteiger partial charge in [-0.05, 0) is 23.5 Å². The lowest BCUT2D eigenvalue weighted by atomic mass is 9.84. The van der Waals surface area contributed by atoms with Crippen LogP contribution < -0.4 is 0 Å². The van der Waals surface area contributed by atoms with Crippen molar-refractivity contribution < 1.29 is 4.79 Å². The van der Waals surface area contributed by atoms with Crippen LogP contribution in [0.3, 0.4) is 0 Å². The third-order valence-corrected chi connectivity index (χ3v) is 3.37. The lowest BCUT2D eigenvalue weighted by Gasteiger charge is -2.20. The van der Waals surface area contributed by atoms with Crippen LogP contribution in [0.1, 0.15) is 47.8 Å². The van der Waals surface area contributed by atoms with Gasteiger partial charge in [0.25, 0.3) is 0 Å². The van der Waals surface area contributed by atoms with E-state index >= 15 is 0 Å². The highest BCUT2D eigenvalue weighted by Gasteiger charge is 2.17. The molecule has 1 heteroatoms. The Morgan fingerprint density at radius 3 is 2.11 bits per heavy atom. The fourth-order valence-electron chi connectivity index (χ4n) is 2.13. The largest absolute Gasteiger partial charge is 0.289 e. The second-order valence-corrected chi connectivity index (χ2v) is 5.97. The summed E-state index contributed by atoms with van der Waals surface area (Å²) in [6.07, 6.45) is 0. The van der Waals surface area contributed by atoms with E-state index in [1.165, 1.54) is 5.56 Å². The molecule has 0 aromatic heterocycles. The summed E-state index contributed by atoms with van der Waals surface area (Å²) in [6, 6.07) is 15.6. The Balaban J connectivity index is 2.40. The molecule has 0 aliphatic carbocycles. The van der Waals surface area contributed by atoms with Gasteiger partial charge >= 0.3 is 0 Å². The smallest absolute Gasteiger partial charge is 0.193 e. The lowest BCUT2D eigenvalue weighted by Crippen LogP contribution is -2.12. The van der Waals surface area contributed by atoms with Gasteiger partial charge in [0.2, 0.25) is 0 Å². The van der Waals surface area contributed by atoms with Crippen LogP contribution >= 0.6 is 0 Å². The van der Waals surface area contributed by atoms with Crippen LogP contribution in [-0.2, 0) is 5.41 Å². The van der Waals surface area contributed by atoms with E-state index in [1.807, 2.05) is 43.3 Å². The van der Waals surface area contributed by atoms with Gasteiger partial charge in [-0.15, -0.1) is 0 Å². The van der Waals surface area contributed by atoms with Crippen molar-refractivity contribution in [3.63, 3.8) is 0 Å². The molecule has 0 saturated heterocycles. The van der Waals surface area contributed by atoms with E-state index in [2.05, 4.69) is 32.9 Å². The molecule has 2 aromatic rings. The van der Waals surface area contributed by atoms with E-state index in [0.29, 0.717) is 0 Å². The fourth-order valence-corrected chi connectivity index (χ4v) is 2.13. The highest BCUT2D eigenvalue weighted by molar-refractivity contribution is 6.09. The first kappa shape index (κ1) is 13.5. The maximum atomic E-state index is 12.4. The molecule has 98 valence electrons. The molecule has 0 unspecified atom stereocenters. The molecule has 0 saturated carbocycles. The predicted molar refractivity (Wildman–Crippen MR) is 79.8 cm³/mol. The number of ketones is 1. The molecule has 2 aromatic carbocycles. The van der Waals surface area contributed by atoms with Gasteiger partial charge in [0.15, 0.2) is 5.78 Å². The van der Waals surface area contributed by atoms with Crippen LogP contribution in [0.2, 0.25) is 0 Å². The van der Waals surface area contributed by atoms with Crippen molar-refractivity contribution >= 4 is 5.78 Å². The number of carbonyl (C=O) groups excluding carboxylic acids is 1. The quantitative estimate of drug-likeness (QED) is 0.718. The van der Waals surface area contributed by atoms with Gasteiger partial charge in [-0.2, -0.15) is 0 Å². The molecule has 1 nitrogen and oxygen atoms in total. The van der Waals surface area contributed by atoms with Gasteiger partial charge in [-0.1, -0.05) is 69.3 Å². The van der Waals surface area contributed by atoms with Crippen LogP contribution in [0.15, 0.2) is 48.5 Å². The van der Waals surface area contributed by atoms with Gasteiger partial charge in [0.05, 0.1) is 0 Å². The van der Waals surface area contributed by atoms with Crippen molar-refractivity contribution in [3.8, 4) is 0 Å². The van der Waals surface area contributed by atoms with E-state index in [9.17, 15) is 4.79 Å².